The molecule has 0 atom stereocenters. The van der Waals surface area contributed by atoms with Gasteiger partial charge < -0.3 is 9.84 Å². The zero-order valence-electron chi connectivity index (χ0n) is 10.3. The molecule has 0 aliphatic carbocycles. The molecule has 0 aliphatic rings. The number of H-pyrrole nitrogens is 1. The molecule has 0 unspecified atom stereocenters. The Bertz CT molecular complexity index is 902. The third kappa shape index (κ3) is 2.43. The number of carbonyl (C=O) groups is 1. The van der Waals surface area contributed by atoms with Crippen molar-refractivity contribution < 1.29 is 14.6 Å². The van der Waals surface area contributed by atoms with Crippen molar-refractivity contribution in [2.24, 2.45) is 0 Å². The van der Waals surface area contributed by atoms with E-state index in [1.165, 1.54) is 30.3 Å². The molecular weight excluding hydrogens is 300 g/mol. The van der Waals surface area contributed by atoms with Crippen LogP contribution in [-0.2, 0) is 0 Å². The van der Waals surface area contributed by atoms with Gasteiger partial charge in [-0.25, -0.2) is 14.7 Å². The number of benzene rings is 1. The third-order valence-electron chi connectivity index (χ3n) is 2.64. The lowest BCUT2D eigenvalue weighted by Gasteiger charge is -2.07. The first-order valence-corrected chi connectivity index (χ1v) is 6.07. The number of carboxylic acid groups (broad SMARTS) is 1. The molecule has 106 valence electrons. The van der Waals surface area contributed by atoms with Crippen molar-refractivity contribution in [2.75, 3.05) is 0 Å². The van der Waals surface area contributed by atoms with Gasteiger partial charge >= 0.3 is 11.7 Å². The Kier molecular flexibility index (Phi) is 3.07. The molecule has 21 heavy (non-hydrogen) atoms. The molecule has 2 heterocycles. The molecule has 0 radical (unpaired) electrons. The number of ether oxygens (including phenoxy) is 1. The molecule has 0 spiro atoms. The highest BCUT2D eigenvalue weighted by Gasteiger charge is 2.14. The summed E-state index contributed by atoms with van der Waals surface area (Å²) in [5, 5.41) is 19.3. The van der Waals surface area contributed by atoms with E-state index < -0.39 is 11.7 Å². The van der Waals surface area contributed by atoms with Crippen molar-refractivity contribution >= 4 is 23.2 Å². The highest BCUT2D eigenvalue weighted by atomic mass is 35.5. The number of hydrogen-bond donors (Lipinski definition) is 2. The summed E-state index contributed by atoms with van der Waals surface area (Å²) in [5.74, 6) is -1.07. The van der Waals surface area contributed by atoms with E-state index in [2.05, 4.69) is 15.3 Å². The van der Waals surface area contributed by atoms with Gasteiger partial charge in [0.25, 0.3) is 0 Å². The molecule has 0 amide bonds. The summed E-state index contributed by atoms with van der Waals surface area (Å²) in [6.45, 7) is 0. The summed E-state index contributed by atoms with van der Waals surface area (Å²) in [4.78, 5) is 22.6. The number of aromatic nitrogens is 4. The molecule has 2 aromatic heterocycles. The summed E-state index contributed by atoms with van der Waals surface area (Å²) in [5.41, 5.74) is -0.309. The largest absolute Gasteiger partial charge is 0.478 e. The average Bonchev–Trinajstić information content (AvgIpc) is 2.82. The van der Waals surface area contributed by atoms with Gasteiger partial charge in [0.1, 0.15) is 11.3 Å². The molecule has 1 aromatic carbocycles. The fourth-order valence-electron chi connectivity index (χ4n) is 1.71. The van der Waals surface area contributed by atoms with Crippen molar-refractivity contribution in [1.82, 2.24) is 19.8 Å². The van der Waals surface area contributed by atoms with Crippen LogP contribution in [0.1, 0.15) is 10.4 Å². The van der Waals surface area contributed by atoms with Crippen molar-refractivity contribution in [3.05, 3.63) is 51.4 Å². The molecule has 0 saturated carbocycles. The Balaban J connectivity index is 2.04. The van der Waals surface area contributed by atoms with E-state index in [0.29, 0.717) is 5.65 Å². The van der Waals surface area contributed by atoms with Crippen molar-refractivity contribution in [1.29, 1.82) is 0 Å². The van der Waals surface area contributed by atoms with Crippen LogP contribution in [-0.4, -0.2) is 30.9 Å². The second-order valence-corrected chi connectivity index (χ2v) is 4.45. The Morgan fingerprint density at radius 2 is 2.14 bits per heavy atom. The summed E-state index contributed by atoms with van der Waals surface area (Å²) < 4.78 is 6.41. The Morgan fingerprint density at radius 3 is 2.90 bits per heavy atom. The van der Waals surface area contributed by atoms with Crippen LogP contribution in [0.5, 0.6) is 11.6 Å². The lowest BCUT2D eigenvalue weighted by molar-refractivity contribution is 0.0694. The Morgan fingerprint density at radius 1 is 1.33 bits per heavy atom. The minimum Gasteiger partial charge on any atom is -0.478 e. The van der Waals surface area contributed by atoms with Gasteiger partial charge in [0.05, 0.1) is 0 Å². The fourth-order valence-corrected chi connectivity index (χ4v) is 1.88. The van der Waals surface area contributed by atoms with Gasteiger partial charge in [-0.05, 0) is 24.3 Å². The standard InChI is InChI=1S/C12H7ClN4O4/c13-6-1-2-8(7(5-6)11(18)19)21-10-4-3-9-14-15-12(20)17(9)16-10/h1-5H,(H,15,20)(H,18,19). The minimum atomic E-state index is -1.19. The molecule has 9 heteroatoms. The number of nitrogens with zero attached hydrogens (tertiary/aromatic N) is 3. The lowest BCUT2D eigenvalue weighted by Crippen LogP contribution is -2.12. The number of carboxylic acids is 1. The quantitative estimate of drug-likeness (QED) is 0.760. The van der Waals surface area contributed by atoms with Crippen molar-refractivity contribution in [2.45, 2.75) is 0 Å². The summed E-state index contributed by atoms with van der Waals surface area (Å²) in [7, 11) is 0. The van der Waals surface area contributed by atoms with E-state index in [1.54, 1.807) is 0 Å². The SMILES string of the molecule is O=C(O)c1cc(Cl)ccc1Oc1ccc2n[nH]c(=O)n2n1. The molecule has 8 nitrogen and oxygen atoms in total. The average molecular weight is 307 g/mol. The first kappa shape index (κ1) is 13.1. The zero-order chi connectivity index (χ0) is 15.0. The molecule has 0 bridgehead atoms. The topological polar surface area (TPSA) is 110 Å². The monoisotopic (exact) mass is 306 g/mol. The number of aromatic amines is 1. The first-order chi connectivity index (χ1) is 10.0. The van der Waals surface area contributed by atoms with Crippen molar-refractivity contribution in [3.8, 4) is 11.6 Å². The highest BCUT2D eigenvalue weighted by Crippen LogP contribution is 2.26. The predicted octanol–water partition coefficient (Wildman–Crippen LogP) is 1.56. The molecule has 3 rings (SSSR count). The third-order valence-corrected chi connectivity index (χ3v) is 2.87. The highest BCUT2D eigenvalue weighted by molar-refractivity contribution is 6.31. The number of hydrogen-bond acceptors (Lipinski definition) is 5. The second-order valence-electron chi connectivity index (χ2n) is 4.02. The van der Waals surface area contributed by atoms with E-state index in [4.69, 9.17) is 21.4 Å². The van der Waals surface area contributed by atoms with Crippen LogP contribution < -0.4 is 10.4 Å². The smallest absolute Gasteiger partial charge is 0.364 e. The van der Waals surface area contributed by atoms with E-state index in [1.807, 2.05) is 0 Å². The van der Waals surface area contributed by atoms with E-state index >= 15 is 0 Å². The fraction of sp³-hybridized carbons (Fsp3) is 0. The molecular formula is C12H7ClN4O4. The van der Waals surface area contributed by atoms with Gasteiger partial charge in [-0.15, -0.1) is 5.10 Å². The van der Waals surface area contributed by atoms with Crippen LogP contribution in [0.25, 0.3) is 5.65 Å². The number of halogens is 1. The minimum absolute atomic E-state index is 0.0517. The zero-order valence-corrected chi connectivity index (χ0v) is 11.0. The van der Waals surface area contributed by atoms with Gasteiger partial charge in [-0.2, -0.15) is 9.61 Å². The lowest BCUT2D eigenvalue weighted by atomic mass is 10.2. The molecule has 0 saturated heterocycles. The van der Waals surface area contributed by atoms with Crippen LogP contribution >= 0.6 is 11.6 Å². The van der Waals surface area contributed by atoms with Gasteiger partial charge in [0.2, 0.25) is 5.88 Å². The number of rotatable bonds is 3. The predicted molar refractivity (Wildman–Crippen MR) is 72.1 cm³/mol. The van der Waals surface area contributed by atoms with Crippen LogP contribution in [0.4, 0.5) is 0 Å². The van der Waals surface area contributed by atoms with Crippen LogP contribution in [0.2, 0.25) is 5.02 Å². The molecule has 2 N–H and O–H groups in total. The molecule has 0 aliphatic heterocycles. The van der Waals surface area contributed by atoms with E-state index in [-0.39, 0.29) is 22.2 Å². The van der Waals surface area contributed by atoms with Crippen LogP contribution in [0, 0.1) is 0 Å². The molecule has 3 aromatic rings. The van der Waals surface area contributed by atoms with Crippen LogP contribution in [0.3, 0.4) is 0 Å². The number of nitrogens with one attached hydrogen (secondary N) is 1. The van der Waals surface area contributed by atoms with E-state index in [0.717, 1.165) is 4.52 Å². The van der Waals surface area contributed by atoms with Gasteiger partial charge in [-0.1, -0.05) is 11.6 Å². The normalized spacial score (nSPS) is 10.7. The number of aromatic carboxylic acids is 1. The first-order valence-electron chi connectivity index (χ1n) is 5.70. The van der Waals surface area contributed by atoms with Gasteiger partial charge in [-0.3, -0.25) is 0 Å². The maximum Gasteiger partial charge on any atom is 0.364 e. The second kappa shape index (κ2) is 4.91. The van der Waals surface area contributed by atoms with Crippen molar-refractivity contribution in [3.63, 3.8) is 0 Å². The Labute approximate surface area is 121 Å². The van der Waals surface area contributed by atoms with Crippen LogP contribution in [0.15, 0.2) is 35.1 Å². The van der Waals surface area contributed by atoms with E-state index in [9.17, 15) is 9.59 Å². The Hall–Kier alpha value is -2.87. The van der Waals surface area contributed by atoms with Gasteiger partial charge in [0, 0.05) is 11.1 Å². The molecule has 0 fully saturated rings. The maximum atomic E-state index is 11.4. The van der Waals surface area contributed by atoms with Gasteiger partial charge in [0.15, 0.2) is 5.65 Å². The number of fused-ring (bicyclic) bond motifs is 1. The summed E-state index contributed by atoms with van der Waals surface area (Å²) in [6.07, 6.45) is 0. The summed E-state index contributed by atoms with van der Waals surface area (Å²) >= 11 is 5.76. The summed E-state index contributed by atoms with van der Waals surface area (Å²) in [6, 6.07) is 7.15. The maximum absolute atomic E-state index is 11.4.